The maximum absolute atomic E-state index is 11.6. The summed E-state index contributed by atoms with van der Waals surface area (Å²) in [5, 5.41) is 0. The molecular weight excluding hydrogens is 256 g/mol. The summed E-state index contributed by atoms with van der Waals surface area (Å²) in [5.41, 5.74) is 2.41. The number of nitrogens with zero attached hydrogens (tertiary/aromatic N) is 2. The first-order chi connectivity index (χ1) is 9.24. The van der Waals surface area contributed by atoms with E-state index in [4.69, 9.17) is 0 Å². The quantitative estimate of drug-likeness (QED) is 0.857. The summed E-state index contributed by atoms with van der Waals surface area (Å²) in [5.74, 6) is 0. The smallest absolute Gasteiger partial charge is 0.303 e. The Morgan fingerprint density at radius 2 is 2.05 bits per heavy atom. The van der Waals surface area contributed by atoms with Crippen LogP contribution in [0.1, 0.15) is 24.8 Å². The van der Waals surface area contributed by atoms with Crippen molar-refractivity contribution in [3.8, 4) is 0 Å². The van der Waals surface area contributed by atoms with E-state index in [0.29, 0.717) is 0 Å². The largest absolute Gasteiger partial charge is 0.307 e. The third-order valence-corrected chi connectivity index (χ3v) is 4.99. The highest BCUT2D eigenvalue weighted by atomic mass is 32.1. The second kappa shape index (κ2) is 5.47. The van der Waals surface area contributed by atoms with Crippen LogP contribution in [-0.2, 0) is 13.5 Å². The van der Waals surface area contributed by atoms with Crippen molar-refractivity contribution in [3.63, 3.8) is 0 Å². The normalized spacial score (nSPS) is 16.5. The van der Waals surface area contributed by atoms with Gasteiger partial charge in [-0.25, -0.2) is 0 Å². The van der Waals surface area contributed by atoms with Crippen LogP contribution in [0.2, 0.25) is 0 Å². The van der Waals surface area contributed by atoms with Gasteiger partial charge in [0.25, 0.3) is 0 Å². The number of hydrogen-bond donors (Lipinski definition) is 0. The molecule has 0 spiro atoms. The molecule has 0 aliphatic carbocycles. The topological polar surface area (TPSA) is 25.2 Å². The van der Waals surface area contributed by atoms with Crippen LogP contribution in [0.25, 0.3) is 10.2 Å². The minimum Gasteiger partial charge on any atom is -0.303 e. The molecule has 0 bridgehead atoms. The molecule has 1 aromatic carbocycles. The van der Waals surface area contributed by atoms with Gasteiger partial charge in [-0.05, 0) is 63.0 Å². The van der Waals surface area contributed by atoms with E-state index in [1.54, 1.807) is 4.57 Å². The van der Waals surface area contributed by atoms with Crippen LogP contribution >= 0.6 is 11.3 Å². The Labute approximate surface area is 117 Å². The van der Waals surface area contributed by atoms with Crippen molar-refractivity contribution in [2.45, 2.75) is 25.7 Å². The summed E-state index contributed by atoms with van der Waals surface area (Å²) in [6.45, 7) is 3.77. The van der Waals surface area contributed by atoms with E-state index in [1.807, 2.05) is 7.05 Å². The van der Waals surface area contributed by atoms with Crippen LogP contribution in [0, 0.1) is 0 Å². The van der Waals surface area contributed by atoms with Crippen LogP contribution in [0.4, 0.5) is 0 Å². The molecule has 1 saturated heterocycles. The van der Waals surface area contributed by atoms with Gasteiger partial charge in [0.1, 0.15) is 0 Å². The molecular formula is C15H20N2OS. The number of aromatic nitrogens is 1. The summed E-state index contributed by atoms with van der Waals surface area (Å²) in [7, 11) is 1.84. The lowest BCUT2D eigenvalue weighted by Crippen LogP contribution is -2.20. The number of fused-ring (bicyclic) bond motifs is 1. The van der Waals surface area contributed by atoms with Crippen molar-refractivity contribution in [1.82, 2.24) is 9.47 Å². The molecule has 2 aromatic rings. The zero-order valence-corrected chi connectivity index (χ0v) is 12.2. The third-order valence-electron chi connectivity index (χ3n) is 4.00. The Hall–Kier alpha value is -1.13. The number of hydrogen-bond acceptors (Lipinski definition) is 3. The van der Waals surface area contributed by atoms with E-state index in [2.05, 4.69) is 23.1 Å². The lowest BCUT2D eigenvalue weighted by Gasteiger charge is -2.13. The Bertz CT molecular complexity index is 623. The van der Waals surface area contributed by atoms with E-state index in [1.165, 1.54) is 55.8 Å². The highest BCUT2D eigenvalue weighted by Gasteiger charge is 2.10. The highest BCUT2D eigenvalue weighted by Crippen LogP contribution is 2.19. The number of aryl methyl sites for hydroxylation is 2. The van der Waals surface area contributed by atoms with Gasteiger partial charge in [-0.2, -0.15) is 0 Å². The predicted molar refractivity (Wildman–Crippen MR) is 81.1 cm³/mol. The van der Waals surface area contributed by atoms with E-state index >= 15 is 0 Å². The Balaban J connectivity index is 1.66. The highest BCUT2D eigenvalue weighted by molar-refractivity contribution is 7.16. The molecule has 0 unspecified atom stereocenters. The van der Waals surface area contributed by atoms with Crippen molar-refractivity contribution in [2.75, 3.05) is 19.6 Å². The van der Waals surface area contributed by atoms with Gasteiger partial charge < -0.3 is 9.47 Å². The van der Waals surface area contributed by atoms with Crippen molar-refractivity contribution < 1.29 is 0 Å². The first-order valence-corrected chi connectivity index (χ1v) is 7.86. The first-order valence-electron chi connectivity index (χ1n) is 7.05. The van der Waals surface area contributed by atoms with E-state index < -0.39 is 0 Å². The van der Waals surface area contributed by atoms with Crippen molar-refractivity contribution in [1.29, 1.82) is 0 Å². The number of thiazole rings is 1. The summed E-state index contributed by atoms with van der Waals surface area (Å²) in [6, 6.07) is 6.43. The number of likely N-dealkylation sites (tertiary alicyclic amines) is 1. The molecule has 0 atom stereocenters. The molecule has 0 radical (unpaired) electrons. The molecule has 0 N–H and O–H groups in total. The molecule has 1 fully saturated rings. The zero-order valence-electron chi connectivity index (χ0n) is 11.4. The molecule has 0 amide bonds. The lowest BCUT2D eigenvalue weighted by molar-refractivity contribution is 0.334. The molecule has 0 saturated carbocycles. The van der Waals surface area contributed by atoms with Crippen molar-refractivity contribution in [3.05, 3.63) is 33.4 Å². The maximum atomic E-state index is 11.6. The average molecular weight is 276 g/mol. The molecule has 4 heteroatoms. The van der Waals surface area contributed by atoms with E-state index in [0.717, 1.165) is 16.6 Å². The van der Waals surface area contributed by atoms with Crippen LogP contribution < -0.4 is 4.87 Å². The summed E-state index contributed by atoms with van der Waals surface area (Å²) in [6.07, 6.45) is 5.06. The molecule has 3 rings (SSSR count). The fourth-order valence-electron chi connectivity index (χ4n) is 2.85. The van der Waals surface area contributed by atoms with Gasteiger partial charge >= 0.3 is 4.87 Å². The van der Waals surface area contributed by atoms with Gasteiger partial charge in [-0.15, -0.1) is 0 Å². The minimum atomic E-state index is 0.129. The van der Waals surface area contributed by atoms with Crippen LogP contribution in [0.15, 0.2) is 23.0 Å². The fourth-order valence-corrected chi connectivity index (χ4v) is 3.79. The Morgan fingerprint density at radius 1 is 1.26 bits per heavy atom. The van der Waals surface area contributed by atoms with Gasteiger partial charge in [0.05, 0.1) is 10.2 Å². The molecule has 1 aromatic heterocycles. The predicted octanol–water partition coefficient (Wildman–Crippen LogP) is 2.63. The third kappa shape index (κ3) is 2.74. The van der Waals surface area contributed by atoms with E-state index in [9.17, 15) is 4.79 Å². The van der Waals surface area contributed by atoms with Crippen LogP contribution in [-0.4, -0.2) is 29.1 Å². The lowest BCUT2D eigenvalue weighted by atomic mass is 10.1. The Morgan fingerprint density at radius 3 is 2.84 bits per heavy atom. The molecule has 19 heavy (non-hydrogen) atoms. The number of benzene rings is 1. The molecule has 2 heterocycles. The van der Waals surface area contributed by atoms with Gasteiger partial charge in [-0.3, -0.25) is 4.79 Å². The van der Waals surface area contributed by atoms with Crippen molar-refractivity contribution in [2.24, 2.45) is 7.05 Å². The summed E-state index contributed by atoms with van der Waals surface area (Å²) in [4.78, 5) is 14.3. The molecule has 1 aliphatic rings. The van der Waals surface area contributed by atoms with Crippen molar-refractivity contribution >= 4 is 21.6 Å². The van der Waals surface area contributed by atoms with Gasteiger partial charge in [0, 0.05) is 7.05 Å². The second-order valence-electron chi connectivity index (χ2n) is 5.38. The van der Waals surface area contributed by atoms with Gasteiger partial charge in [-0.1, -0.05) is 17.4 Å². The number of rotatable bonds is 4. The van der Waals surface area contributed by atoms with Crippen LogP contribution in [0.5, 0.6) is 0 Å². The van der Waals surface area contributed by atoms with E-state index in [-0.39, 0.29) is 4.87 Å². The molecule has 102 valence electrons. The average Bonchev–Trinajstić information content (AvgIpc) is 3.00. The van der Waals surface area contributed by atoms with Crippen LogP contribution in [0.3, 0.4) is 0 Å². The molecule has 1 aliphatic heterocycles. The second-order valence-corrected chi connectivity index (χ2v) is 6.37. The minimum absolute atomic E-state index is 0.129. The first kappa shape index (κ1) is 12.9. The van der Waals surface area contributed by atoms with Gasteiger partial charge in [0.15, 0.2) is 0 Å². The fraction of sp³-hybridized carbons (Fsp3) is 0.533. The summed E-state index contributed by atoms with van der Waals surface area (Å²) >= 11 is 1.35. The zero-order chi connectivity index (χ0) is 13.2. The Kier molecular flexibility index (Phi) is 3.71. The molecule has 3 nitrogen and oxygen atoms in total. The monoisotopic (exact) mass is 276 g/mol. The maximum Gasteiger partial charge on any atom is 0.307 e. The van der Waals surface area contributed by atoms with Gasteiger partial charge in [0.2, 0.25) is 0 Å². The standard InChI is InChI=1S/C15H20N2OS/c1-16-13-7-6-12(11-14(13)19-15(16)18)5-4-10-17-8-2-3-9-17/h6-7,11H,2-5,8-10H2,1H3. The summed E-state index contributed by atoms with van der Waals surface area (Å²) < 4.78 is 2.85. The SMILES string of the molecule is Cn1c(=O)sc2cc(CCCN3CCCC3)ccc21.